The van der Waals surface area contributed by atoms with Gasteiger partial charge in [0, 0.05) is 39.6 Å². The summed E-state index contributed by atoms with van der Waals surface area (Å²) in [6.45, 7) is 4.45. The first-order valence-electron chi connectivity index (χ1n) is 16.3. The zero-order valence-electron chi connectivity index (χ0n) is 29.1. The van der Waals surface area contributed by atoms with Crippen LogP contribution < -0.4 is 31.3 Å². The Morgan fingerprint density at radius 1 is 0.654 bits per heavy atom. The maximum atomic E-state index is 12.3. The van der Waals surface area contributed by atoms with Crippen molar-refractivity contribution >= 4 is 39.4 Å². The average Bonchev–Trinajstić information content (AvgIpc) is 3.74. The predicted molar refractivity (Wildman–Crippen MR) is 200 cm³/mol. The van der Waals surface area contributed by atoms with E-state index in [0.29, 0.717) is 51.5 Å². The van der Waals surface area contributed by atoms with Crippen molar-refractivity contribution in [3.8, 4) is 39.5 Å². The fraction of sp³-hybridized carbons (Fsp3) is 0.154. The van der Waals surface area contributed by atoms with E-state index in [9.17, 15) is 14.4 Å². The number of aldehydes is 1. The third kappa shape index (κ3) is 5.72. The third-order valence-corrected chi connectivity index (χ3v) is 9.21. The summed E-state index contributed by atoms with van der Waals surface area (Å²) in [5.41, 5.74) is 14.6. The minimum atomic E-state index is -0.320. The second-order valence-corrected chi connectivity index (χ2v) is 12.2. The van der Waals surface area contributed by atoms with E-state index in [-0.39, 0.29) is 11.4 Å². The highest BCUT2D eigenvalue weighted by molar-refractivity contribution is 5.95. The number of pyridine rings is 2. The van der Waals surface area contributed by atoms with E-state index in [1.165, 1.54) is 4.40 Å². The number of benzene rings is 4. The molecule has 4 N–H and O–H groups in total. The van der Waals surface area contributed by atoms with Crippen LogP contribution in [-0.4, -0.2) is 56.8 Å². The lowest BCUT2D eigenvalue weighted by Gasteiger charge is -2.15. The average molecular weight is 698 g/mol. The van der Waals surface area contributed by atoms with Crippen molar-refractivity contribution in [1.29, 1.82) is 0 Å². The first-order valence-corrected chi connectivity index (χ1v) is 16.3. The molecular weight excluding hydrogens is 662 g/mol. The van der Waals surface area contributed by atoms with E-state index in [1.54, 1.807) is 43.9 Å². The van der Waals surface area contributed by atoms with E-state index >= 15 is 0 Å². The summed E-state index contributed by atoms with van der Waals surface area (Å²) in [6, 6.07) is 24.6. The first kappa shape index (κ1) is 33.8. The molecular formula is C39H35N7O6. The van der Waals surface area contributed by atoms with Crippen LogP contribution in [0.3, 0.4) is 0 Å². The Balaban J connectivity index is 0.000000162. The molecule has 8 rings (SSSR count). The van der Waals surface area contributed by atoms with Gasteiger partial charge in [-0.3, -0.25) is 4.79 Å². The molecule has 13 nitrogen and oxygen atoms in total. The number of carbonyl (C=O) groups is 1. The van der Waals surface area contributed by atoms with Gasteiger partial charge in [-0.25, -0.2) is 28.6 Å². The highest BCUT2D eigenvalue weighted by Crippen LogP contribution is 2.40. The number of methoxy groups -OCH3 is 3. The van der Waals surface area contributed by atoms with Crippen LogP contribution >= 0.6 is 0 Å². The van der Waals surface area contributed by atoms with E-state index in [0.717, 1.165) is 56.1 Å². The van der Waals surface area contributed by atoms with Crippen LogP contribution in [0.1, 0.15) is 27.0 Å². The van der Waals surface area contributed by atoms with Crippen LogP contribution in [-0.2, 0) is 6.54 Å². The van der Waals surface area contributed by atoms with Crippen molar-refractivity contribution in [3.05, 3.63) is 122 Å². The van der Waals surface area contributed by atoms with Gasteiger partial charge in [0.2, 0.25) is 0 Å². The van der Waals surface area contributed by atoms with Crippen molar-refractivity contribution in [1.82, 2.24) is 29.2 Å². The van der Waals surface area contributed by atoms with Crippen LogP contribution in [0.5, 0.6) is 17.2 Å². The molecule has 0 bridgehead atoms. The quantitative estimate of drug-likeness (QED) is 0.179. The summed E-state index contributed by atoms with van der Waals surface area (Å²) in [6.07, 6.45) is 0.777. The van der Waals surface area contributed by atoms with Gasteiger partial charge >= 0.3 is 11.4 Å². The lowest BCUT2D eigenvalue weighted by molar-refractivity contribution is 0.112. The summed E-state index contributed by atoms with van der Waals surface area (Å²) in [5.74, 6) is 1.97. The number of nitrogens with zero attached hydrogens (tertiary/aromatic N) is 4. The van der Waals surface area contributed by atoms with E-state index in [1.807, 2.05) is 74.5 Å². The highest BCUT2D eigenvalue weighted by atomic mass is 16.5. The molecule has 0 saturated heterocycles. The molecule has 0 amide bonds. The molecule has 4 aromatic heterocycles. The molecule has 8 aromatic rings. The van der Waals surface area contributed by atoms with Gasteiger partial charge in [0.25, 0.3) is 0 Å². The van der Waals surface area contributed by atoms with Crippen LogP contribution in [0.2, 0.25) is 0 Å². The number of carbonyl (C=O) groups excluding carboxylic acids is 1. The van der Waals surface area contributed by atoms with Crippen molar-refractivity contribution in [2.75, 3.05) is 21.3 Å². The molecule has 0 saturated carbocycles. The lowest BCUT2D eigenvalue weighted by Crippen LogP contribution is -2.10. The van der Waals surface area contributed by atoms with Gasteiger partial charge in [0.1, 0.15) is 23.5 Å². The van der Waals surface area contributed by atoms with Gasteiger partial charge in [-0.1, -0.05) is 24.3 Å². The summed E-state index contributed by atoms with van der Waals surface area (Å²) in [5, 5.41) is 15.0. The molecule has 0 aliphatic rings. The Kier molecular flexibility index (Phi) is 8.78. The molecule has 0 spiro atoms. The Labute approximate surface area is 296 Å². The first-order chi connectivity index (χ1) is 25.2. The number of nitrogens with two attached hydrogens (primary N) is 1. The molecule has 0 radical (unpaired) electrons. The SMILES string of the molecule is COc1cc2c(C)cc3n[nH]c(=O)n3c2cc1-c1ccc(CN)cc1.COc1ccc(C=O)cc1-c1cc2c(cc1OC)c(C)cc1n[nH]c(=O)n12. The number of nitrogens with one attached hydrogen (secondary N) is 2. The number of aromatic nitrogens is 6. The number of rotatable bonds is 7. The predicted octanol–water partition coefficient (Wildman–Crippen LogP) is 5.60. The van der Waals surface area contributed by atoms with E-state index in [2.05, 4.69) is 20.4 Å². The van der Waals surface area contributed by atoms with E-state index in [4.69, 9.17) is 19.9 Å². The molecule has 0 aliphatic heterocycles. The molecule has 4 heterocycles. The van der Waals surface area contributed by atoms with Gasteiger partial charge < -0.3 is 19.9 Å². The lowest BCUT2D eigenvalue weighted by atomic mass is 9.98. The summed E-state index contributed by atoms with van der Waals surface area (Å²) in [4.78, 5) is 35.7. The van der Waals surface area contributed by atoms with Gasteiger partial charge in [-0.15, -0.1) is 0 Å². The number of hydrogen-bond donors (Lipinski definition) is 3. The molecule has 0 aliphatic carbocycles. The molecule has 52 heavy (non-hydrogen) atoms. The highest BCUT2D eigenvalue weighted by Gasteiger charge is 2.18. The van der Waals surface area contributed by atoms with Crippen LogP contribution in [0, 0.1) is 13.8 Å². The topological polar surface area (TPSA) is 171 Å². The molecule has 0 atom stereocenters. The molecule has 262 valence electrons. The summed E-state index contributed by atoms with van der Waals surface area (Å²) in [7, 11) is 4.80. The largest absolute Gasteiger partial charge is 0.496 e. The molecule has 0 unspecified atom stereocenters. The zero-order valence-corrected chi connectivity index (χ0v) is 29.1. The van der Waals surface area contributed by atoms with Crippen molar-refractivity contribution < 1.29 is 19.0 Å². The molecule has 0 fully saturated rings. The van der Waals surface area contributed by atoms with Crippen LogP contribution in [0.4, 0.5) is 0 Å². The Hall–Kier alpha value is -6.73. The van der Waals surface area contributed by atoms with Crippen LogP contribution in [0.25, 0.3) is 55.4 Å². The second kappa shape index (κ2) is 13.5. The smallest absolute Gasteiger partial charge is 0.348 e. The zero-order chi connectivity index (χ0) is 36.7. The number of hydrogen-bond acceptors (Lipinski definition) is 9. The summed E-state index contributed by atoms with van der Waals surface area (Å²) < 4.78 is 19.8. The molecule has 4 aromatic carbocycles. The maximum Gasteiger partial charge on any atom is 0.348 e. The number of aromatic amines is 2. The van der Waals surface area contributed by atoms with E-state index < -0.39 is 0 Å². The normalized spacial score (nSPS) is 11.2. The maximum absolute atomic E-state index is 12.3. The van der Waals surface area contributed by atoms with Gasteiger partial charge in [-0.2, -0.15) is 10.2 Å². The third-order valence-electron chi connectivity index (χ3n) is 9.21. The number of H-pyrrole nitrogens is 2. The monoisotopic (exact) mass is 697 g/mol. The minimum absolute atomic E-state index is 0.255. The van der Waals surface area contributed by atoms with Gasteiger partial charge in [-0.05, 0) is 90.7 Å². The Bertz CT molecular complexity index is 2780. The standard InChI is InChI=1S/C20H17N3O4.C19H18N4O2/c1-11-6-19-21-22-20(25)23(19)16-8-15(18(27-3)9-13(11)16)14-7-12(10-24)4-5-17(14)26-2;1-11-7-18-21-22-19(24)23(18)16-8-15(17(25-2)9-14(11)16)13-5-3-12(10-20)4-6-13/h4-10H,1-3H3,(H,22,25);3-9H,10,20H2,1-2H3,(H,22,24). The minimum Gasteiger partial charge on any atom is -0.496 e. The fourth-order valence-electron chi connectivity index (χ4n) is 6.56. The summed E-state index contributed by atoms with van der Waals surface area (Å²) >= 11 is 0. The second-order valence-electron chi connectivity index (χ2n) is 12.2. The van der Waals surface area contributed by atoms with Crippen LogP contribution in [0.15, 0.2) is 88.5 Å². The molecule has 13 heteroatoms. The van der Waals surface area contributed by atoms with Gasteiger partial charge in [0.05, 0.1) is 32.4 Å². The fourth-order valence-corrected chi connectivity index (χ4v) is 6.56. The number of ether oxygens (including phenoxy) is 3. The van der Waals surface area contributed by atoms with Crippen molar-refractivity contribution in [3.63, 3.8) is 0 Å². The number of fused-ring (bicyclic) bond motifs is 6. The van der Waals surface area contributed by atoms with Gasteiger partial charge in [0.15, 0.2) is 11.3 Å². The Morgan fingerprint density at radius 3 is 1.65 bits per heavy atom. The Morgan fingerprint density at radius 2 is 1.15 bits per heavy atom. The van der Waals surface area contributed by atoms with Crippen molar-refractivity contribution in [2.24, 2.45) is 5.73 Å². The number of aryl methyl sites for hydroxylation is 2. The van der Waals surface area contributed by atoms with Crippen molar-refractivity contribution in [2.45, 2.75) is 20.4 Å².